The molecule has 1 amide bonds. The lowest BCUT2D eigenvalue weighted by Gasteiger charge is -2.10. The van der Waals surface area contributed by atoms with Crippen LogP contribution >= 0.6 is 11.3 Å². The first-order valence-electron chi connectivity index (χ1n) is 6.25. The number of rotatable bonds is 6. The van der Waals surface area contributed by atoms with Crippen molar-refractivity contribution in [2.45, 2.75) is 39.3 Å². The molecule has 2 aromatic rings. The van der Waals surface area contributed by atoms with E-state index in [0.717, 1.165) is 5.69 Å². The number of amides is 1. The zero-order chi connectivity index (χ0) is 14.5. The van der Waals surface area contributed by atoms with Gasteiger partial charge in [0.2, 0.25) is 5.91 Å². The average molecular weight is 296 g/mol. The lowest BCUT2D eigenvalue weighted by molar-refractivity contribution is -0.121. The lowest BCUT2D eigenvalue weighted by atomic mass is 10.2. The van der Waals surface area contributed by atoms with Crippen LogP contribution in [-0.4, -0.2) is 31.1 Å². The van der Waals surface area contributed by atoms with Crippen molar-refractivity contribution in [2.24, 2.45) is 0 Å². The summed E-state index contributed by atoms with van der Waals surface area (Å²) in [5, 5.41) is 18.0. The van der Waals surface area contributed by atoms with Crippen LogP contribution in [0, 0.1) is 6.92 Å². The van der Waals surface area contributed by atoms with Gasteiger partial charge in [0.1, 0.15) is 0 Å². The highest BCUT2D eigenvalue weighted by Gasteiger charge is 2.13. The van der Waals surface area contributed by atoms with Crippen molar-refractivity contribution < 1.29 is 4.79 Å². The number of aryl methyl sites for hydroxylation is 1. The molecule has 8 nitrogen and oxygen atoms in total. The van der Waals surface area contributed by atoms with E-state index in [-0.39, 0.29) is 16.8 Å². The average Bonchev–Trinajstić information content (AvgIpc) is 3.03. The zero-order valence-corrected chi connectivity index (χ0v) is 12.1. The fraction of sp³-hybridized carbons (Fsp3) is 0.545. The maximum atomic E-state index is 11.8. The van der Waals surface area contributed by atoms with Crippen LogP contribution in [0.2, 0.25) is 0 Å². The molecule has 0 saturated carbocycles. The molecule has 20 heavy (non-hydrogen) atoms. The molecule has 0 bridgehead atoms. The number of H-pyrrole nitrogens is 1. The molecule has 0 aliphatic heterocycles. The molecule has 1 unspecified atom stereocenters. The van der Waals surface area contributed by atoms with Crippen molar-refractivity contribution in [3.63, 3.8) is 0 Å². The predicted octanol–water partition coefficient (Wildman–Crippen LogP) is 0.389. The Morgan fingerprint density at radius 2 is 2.40 bits per heavy atom. The number of hydrogen-bond acceptors (Lipinski definition) is 6. The number of carbonyl (C=O) groups is 1. The van der Waals surface area contributed by atoms with Gasteiger partial charge in [-0.2, -0.15) is 5.21 Å². The van der Waals surface area contributed by atoms with E-state index in [1.807, 2.05) is 12.3 Å². The van der Waals surface area contributed by atoms with Crippen molar-refractivity contribution >= 4 is 17.2 Å². The van der Waals surface area contributed by atoms with E-state index >= 15 is 0 Å². The van der Waals surface area contributed by atoms with Crippen LogP contribution in [0.4, 0.5) is 0 Å². The summed E-state index contributed by atoms with van der Waals surface area (Å²) in [5.41, 5.74) is 0.931. The molecule has 2 heterocycles. The van der Waals surface area contributed by atoms with Crippen molar-refractivity contribution in [3.05, 3.63) is 26.6 Å². The molecule has 2 N–H and O–H groups in total. The Morgan fingerprint density at radius 1 is 1.60 bits per heavy atom. The summed E-state index contributed by atoms with van der Waals surface area (Å²) < 4.78 is 1.68. The number of thiazole rings is 1. The third kappa shape index (κ3) is 3.50. The molecule has 108 valence electrons. The first-order chi connectivity index (χ1) is 9.58. The summed E-state index contributed by atoms with van der Waals surface area (Å²) in [4.78, 5) is 23.3. The van der Waals surface area contributed by atoms with Crippen LogP contribution in [0.5, 0.6) is 0 Å². The first kappa shape index (κ1) is 14.4. The fourth-order valence-electron chi connectivity index (χ4n) is 1.80. The third-order valence-electron chi connectivity index (χ3n) is 2.89. The summed E-state index contributed by atoms with van der Waals surface area (Å²) in [7, 11) is 0. The Labute approximate surface area is 119 Å². The molecule has 0 spiro atoms. The Balaban J connectivity index is 1.77. The molecule has 0 saturated heterocycles. The van der Waals surface area contributed by atoms with Crippen LogP contribution in [0.3, 0.4) is 0 Å². The van der Waals surface area contributed by atoms with Gasteiger partial charge in [0.15, 0.2) is 5.82 Å². The van der Waals surface area contributed by atoms with Gasteiger partial charge < -0.3 is 9.88 Å². The molecule has 1 atom stereocenters. The van der Waals surface area contributed by atoms with Gasteiger partial charge in [-0.05, 0) is 20.3 Å². The van der Waals surface area contributed by atoms with E-state index < -0.39 is 0 Å². The Morgan fingerprint density at radius 3 is 3.00 bits per heavy atom. The molecular weight excluding hydrogens is 280 g/mol. The lowest BCUT2D eigenvalue weighted by Crippen LogP contribution is -2.27. The Bertz CT molecular complexity index is 617. The Hall–Kier alpha value is -2.03. The van der Waals surface area contributed by atoms with E-state index in [1.54, 1.807) is 11.5 Å². The summed E-state index contributed by atoms with van der Waals surface area (Å²) >= 11 is 1.18. The summed E-state index contributed by atoms with van der Waals surface area (Å²) in [6.45, 7) is 4.23. The number of carbonyl (C=O) groups excluding carboxylic acids is 1. The quantitative estimate of drug-likeness (QED) is 0.802. The maximum absolute atomic E-state index is 11.8. The third-order valence-corrected chi connectivity index (χ3v) is 3.77. The standard InChI is InChI=1S/C11H16N6O2S/c1-7-6-20-11(19)17(7)5-3-4-9(18)12-8(2)10-13-15-16-14-10/h6,8H,3-5H2,1-2H3,(H,12,18)(H,13,14,15,16). The van der Waals surface area contributed by atoms with E-state index in [0.29, 0.717) is 25.2 Å². The largest absolute Gasteiger partial charge is 0.346 e. The van der Waals surface area contributed by atoms with Gasteiger partial charge in [0.25, 0.3) is 0 Å². The highest BCUT2D eigenvalue weighted by atomic mass is 32.1. The van der Waals surface area contributed by atoms with Crippen LogP contribution in [0.15, 0.2) is 10.2 Å². The number of aromatic nitrogens is 5. The molecule has 0 radical (unpaired) electrons. The van der Waals surface area contributed by atoms with E-state index in [4.69, 9.17) is 0 Å². The van der Waals surface area contributed by atoms with Crippen molar-refractivity contribution in [2.75, 3.05) is 0 Å². The molecule has 2 aromatic heterocycles. The molecule has 0 fully saturated rings. The second kappa shape index (κ2) is 6.42. The van der Waals surface area contributed by atoms with Crippen LogP contribution in [0.1, 0.15) is 37.3 Å². The first-order valence-corrected chi connectivity index (χ1v) is 7.13. The number of tetrazole rings is 1. The van der Waals surface area contributed by atoms with Gasteiger partial charge in [-0.25, -0.2) is 0 Å². The monoisotopic (exact) mass is 296 g/mol. The second-order valence-corrected chi connectivity index (χ2v) is 5.28. The summed E-state index contributed by atoms with van der Waals surface area (Å²) in [6, 6.07) is -0.285. The normalized spacial score (nSPS) is 12.3. The fourth-order valence-corrected chi connectivity index (χ4v) is 2.56. The van der Waals surface area contributed by atoms with Gasteiger partial charge >= 0.3 is 4.87 Å². The highest BCUT2D eigenvalue weighted by molar-refractivity contribution is 7.07. The number of aromatic amines is 1. The van der Waals surface area contributed by atoms with E-state index in [9.17, 15) is 9.59 Å². The summed E-state index contributed by atoms with van der Waals surface area (Å²) in [6.07, 6.45) is 0.964. The second-order valence-electron chi connectivity index (χ2n) is 4.46. The van der Waals surface area contributed by atoms with Gasteiger partial charge in [0, 0.05) is 24.0 Å². The predicted molar refractivity (Wildman–Crippen MR) is 73.3 cm³/mol. The molecule has 0 aliphatic rings. The minimum Gasteiger partial charge on any atom is -0.346 e. The number of nitrogens with zero attached hydrogens (tertiary/aromatic N) is 4. The minimum absolute atomic E-state index is 0.0167. The molecule has 2 rings (SSSR count). The topological polar surface area (TPSA) is 106 Å². The molecule has 0 aromatic carbocycles. The van der Waals surface area contributed by atoms with Gasteiger partial charge in [-0.1, -0.05) is 16.6 Å². The molecule has 9 heteroatoms. The molecular formula is C11H16N6O2S. The summed E-state index contributed by atoms with van der Waals surface area (Å²) in [5.74, 6) is 0.353. The smallest absolute Gasteiger partial charge is 0.307 e. The van der Waals surface area contributed by atoms with Crippen LogP contribution < -0.4 is 10.2 Å². The maximum Gasteiger partial charge on any atom is 0.307 e. The SMILES string of the molecule is Cc1csc(=O)n1CCCC(=O)NC(C)c1nn[nH]n1. The highest BCUT2D eigenvalue weighted by Crippen LogP contribution is 2.05. The molecule has 0 aliphatic carbocycles. The Kier molecular flexibility index (Phi) is 4.61. The van der Waals surface area contributed by atoms with Crippen molar-refractivity contribution in [3.8, 4) is 0 Å². The van der Waals surface area contributed by atoms with Crippen LogP contribution in [0.25, 0.3) is 0 Å². The van der Waals surface area contributed by atoms with Crippen molar-refractivity contribution in [1.29, 1.82) is 0 Å². The van der Waals surface area contributed by atoms with E-state index in [2.05, 4.69) is 25.9 Å². The zero-order valence-electron chi connectivity index (χ0n) is 11.3. The number of nitrogens with one attached hydrogen (secondary N) is 2. The van der Waals surface area contributed by atoms with Crippen molar-refractivity contribution in [1.82, 2.24) is 30.5 Å². The van der Waals surface area contributed by atoms with E-state index in [1.165, 1.54) is 11.3 Å². The van der Waals surface area contributed by atoms with Gasteiger partial charge in [-0.3, -0.25) is 9.59 Å². The van der Waals surface area contributed by atoms with Crippen LogP contribution in [-0.2, 0) is 11.3 Å². The number of hydrogen-bond donors (Lipinski definition) is 2. The van der Waals surface area contributed by atoms with Gasteiger partial charge in [-0.15, -0.1) is 10.2 Å². The van der Waals surface area contributed by atoms with Gasteiger partial charge in [0.05, 0.1) is 6.04 Å². The minimum atomic E-state index is -0.285.